The number of amides is 1. The van der Waals surface area contributed by atoms with Gasteiger partial charge in [0.05, 0.1) is 25.9 Å². The van der Waals surface area contributed by atoms with Gasteiger partial charge in [0.15, 0.2) is 0 Å². The molecule has 0 bridgehead atoms. The summed E-state index contributed by atoms with van der Waals surface area (Å²) in [6.45, 7) is 5.65. The number of methoxy groups -OCH3 is 2. The van der Waals surface area contributed by atoms with Crippen LogP contribution < -0.4 is 10.1 Å². The molecule has 1 amide bonds. The summed E-state index contributed by atoms with van der Waals surface area (Å²) in [5.74, 6) is 0.0496. The van der Waals surface area contributed by atoms with Crippen molar-refractivity contribution in [3.8, 4) is 5.75 Å². The van der Waals surface area contributed by atoms with E-state index in [-0.39, 0.29) is 6.09 Å². The van der Waals surface area contributed by atoms with E-state index in [4.69, 9.17) is 9.47 Å². The number of hydrogen-bond acceptors (Lipinski definition) is 6. The number of benzene rings is 1. The molecule has 0 saturated heterocycles. The second-order valence-electron chi connectivity index (χ2n) is 7.98. The Morgan fingerprint density at radius 3 is 2.41 bits per heavy atom. The number of alkyl carbamates (subject to hydrolysis) is 1. The Hall–Kier alpha value is -2.77. The van der Waals surface area contributed by atoms with Crippen molar-refractivity contribution in [2.24, 2.45) is 0 Å². The number of ether oxygens (including phenoxy) is 3. The van der Waals surface area contributed by atoms with Crippen LogP contribution >= 0.6 is 0 Å². The van der Waals surface area contributed by atoms with Crippen LogP contribution in [-0.4, -0.2) is 48.1 Å². The molecule has 1 aromatic heterocycles. The van der Waals surface area contributed by atoms with Gasteiger partial charge in [-0.2, -0.15) is 5.10 Å². The lowest BCUT2D eigenvalue weighted by molar-refractivity contribution is 0.0492. The smallest absolute Gasteiger partial charge is 0.407 e. The van der Waals surface area contributed by atoms with E-state index in [0.717, 1.165) is 23.7 Å². The van der Waals surface area contributed by atoms with Gasteiger partial charge in [-0.1, -0.05) is 19.3 Å². The van der Waals surface area contributed by atoms with Crippen molar-refractivity contribution in [1.82, 2.24) is 15.5 Å². The average molecular weight is 405 g/mol. The summed E-state index contributed by atoms with van der Waals surface area (Å²) in [7, 11) is 2.84. The number of aromatic nitrogens is 2. The second-order valence-corrected chi connectivity index (χ2v) is 7.98. The number of esters is 1. The number of carbonyl (C=O) groups is 2. The summed E-state index contributed by atoms with van der Waals surface area (Å²) in [6.07, 6.45) is 7.30. The molecule has 160 valence electrons. The SMILES string of the molecule is CC(C)(C)OC(=O)NC1CCCCC1.COC(=O)c1cc2cn[nH]c2cc1OC. The number of hydrogen-bond donors (Lipinski definition) is 2. The fraction of sp³-hybridized carbons (Fsp3) is 0.571. The maximum Gasteiger partial charge on any atom is 0.407 e. The van der Waals surface area contributed by atoms with Gasteiger partial charge in [-0.25, -0.2) is 9.59 Å². The summed E-state index contributed by atoms with van der Waals surface area (Å²) >= 11 is 0. The molecule has 2 N–H and O–H groups in total. The molecule has 8 heteroatoms. The molecule has 3 rings (SSSR count). The Morgan fingerprint density at radius 1 is 1.14 bits per heavy atom. The van der Waals surface area contributed by atoms with Gasteiger partial charge in [0.2, 0.25) is 0 Å². The van der Waals surface area contributed by atoms with Crippen molar-refractivity contribution in [2.45, 2.75) is 64.5 Å². The zero-order valence-electron chi connectivity index (χ0n) is 17.8. The molecular weight excluding hydrogens is 374 g/mol. The molecular formula is C21H31N3O5. The molecule has 29 heavy (non-hydrogen) atoms. The molecule has 1 fully saturated rings. The fourth-order valence-corrected chi connectivity index (χ4v) is 3.13. The van der Waals surface area contributed by atoms with Crippen molar-refractivity contribution in [2.75, 3.05) is 14.2 Å². The topological polar surface area (TPSA) is 103 Å². The number of fused-ring (bicyclic) bond motifs is 1. The molecule has 1 heterocycles. The molecule has 1 aliphatic rings. The van der Waals surface area contributed by atoms with Gasteiger partial charge in [0.25, 0.3) is 0 Å². The molecule has 1 saturated carbocycles. The Labute approximate surface area is 171 Å². The van der Waals surface area contributed by atoms with E-state index in [0.29, 0.717) is 17.4 Å². The third kappa shape index (κ3) is 6.96. The minimum absolute atomic E-state index is 0.274. The highest BCUT2D eigenvalue weighted by Crippen LogP contribution is 2.25. The molecule has 2 aromatic rings. The number of rotatable bonds is 3. The van der Waals surface area contributed by atoms with E-state index in [1.54, 1.807) is 18.3 Å². The van der Waals surface area contributed by atoms with Gasteiger partial charge in [-0.15, -0.1) is 0 Å². The number of nitrogens with zero attached hydrogens (tertiary/aromatic N) is 1. The number of aromatic amines is 1. The summed E-state index contributed by atoms with van der Waals surface area (Å²) in [5, 5.41) is 10.4. The van der Waals surface area contributed by atoms with E-state index in [9.17, 15) is 9.59 Å². The molecule has 8 nitrogen and oxygen atoms in total. The molecule has 0 aliphatic heterocycles. The van der Waals surface area contributed by atoms with Crippen molar-refractivity contribution >= 4 is 23.0 Å². The normalized spacial score (nSPS) is 14.5. The predicted molar refractivity (Wildman–Crippen MR) is 110 cm³/mol. The highest BCUT2D eigenvalue weighted by atomic mass is 16.6. The monoisotopic (exact) mass is 405 g/mol. The minimum atomic E-state index is -0.421. The van der Waals surface area contributed by atoms with E-state index in [1.165, 1.54) is 33.5 Å². The van der Waals surface area contributed by atoms with Crippen molar-refractivity contribution in [3.05, 3.63) is 23.9 Å². The van der Waals surface area contributed by atoms with Gasteiger partial charge in [-0.3, -0.25) is 5.10 Å². The van der Waals surface area contributed by atoms with Crippen LogP contribution in [0.15, 0.2) is 18.3 Å². The maximum absolute atomic E-state index is 11.4. The van der Waals surface area contributed by atoms with Gasteiger partial charge in [0, 0.05) is 17.5 Å². The lowest BCUT2D eigenvalue weighted by atomic mass is 9.96. The third-order valence-corrected chi connectivity index (χ3v) is 4.49. The van der Waals surface area contributed by atoms with Crippen LogP contribution in [0.5, 0.6) is 5.75 Å². The van der Waals surface area contributed by atoms with E-state index in [2.05, 4.69) is 20.3 Å². The second kappa shape index (κ2) is 10.1. The summed E-state index contributed by atoms with van der Waals surface area (Å²) in [5.41, 5.74) is 0.826. The lowest BCUT2D eigenvalue weighted by Gasteiger charge is -2.25. The maximum atomic E-state index is 11.4. The van der Waals surface area contributed by atoms with Gasteiger partial charge in [-0.05, 0) is 39.7 Å². The van der Waals surface area contributed by atoms with Gasteiger partial charge in [0.1, 0.15) is 16.9 Å². The van der Waals surface area contributed by atoms with Crippen LogP contribution in [-0.2, 0) is 9.47 Å². The van der Waals surface area contributed by atoms with Crippen molar-refractivity contribution in [3.63, 3.8) is 0 Å². The highest BCUT2D eigenvalue weighted by molar-refractivity contribution is 5.97. The number of nitrogens with one attached hydrogen (secondary N) is 2. The fourth-order valence-electron chi connectivity index (χ4n) is 3.13. The summed E-state index contributed by atoms with van der Waals surface area (Å²) < 4.78 is 14.9. The van der Waals surface area contributed by atoms with Crippen LogP contribution in [0.1, 0.15) is 63.2 Å². The Morgan fingerprint density at radius 2 is 1.83 bits per heavy atom. The standard InChI is InChI=1S/C11H21NO2.C10H10N2O3/c1-11(2,3)14-10(13)12-9-7-5-4-6-8-9;1-14-9-4-8-6(5-11-12-8)3-7(9)10(13)15-2/h9H,4-8H2,1-3H3,(H,12,13);3-5H,1-2H3,(H,11,12). The van der Waals surface area contributed by atoms with Gasteiger partial charge < -0.3 is 19.5 Å². The molecule has 1 aliphatic carbocycles. The first kappa shape index (κ1) is 22.5. The zero-order chi connectivity index (χ0) is 21.4. The highest BCUT2D eigenvalue weighted by Gasteiger charge is 2.20. The first-order valence-electron chi connectivity index (χ1n) is 9.82. The van der Waals surface area contributed by atoms with Crippen LogP contribution in [0, 0.1) is 0 Å². The van der Waals surface area contributed by atoms with Crippen molar-refractivity contribution < 1.29 is 23.8 Å². The van der Waals surface area contributed by atoms with Crippen molar-refractivity contribution in [1.29, 1.82) is 0 Å². The van der Waals surface area contributed by atoms with E-state index >= 15 is 0 Å². The first-order chi connectivity index (χ1) is 13.7. The van der Waals surface area contributed by atoms with Gasteiger partial charge >= 0.3 is 12.1 Å². The summed E-state index contributed by atoms with van der Waals surface area (Å²) in [4.78, 5) is 22.8. The van der Waals surface area contributed by atoms with Crippen LogP contribution in [0.25, 0.3) is 10.9 Å². The molecule has 0 unspecified atom stereocenters. The number of carbonyl (C=O) groups excluding carboxylic acids is 2. The third-order valence-electron chi connectivity index (χ3n) is 4.49. The first-order valence-corrected chi connectivity index (χ1v) is 9.82. The number of H-pyrrole nitrogens is 1. The molecule has 1 aromatic carbocycles. The Kier molecular flexibility index (Phi) is 7.87. The van der Waals surface area contributed by atoms with Crippen LogP contribution in [0.3, 0.4) is 0 Å². The minimum Gasteiger partial charge on any atom is -0.496 e. The van der Waals surface area contributed by atoms with E-state index < -0.39 is 11.6 Å². The lowest BCUT2D eigenvalue weighted by Crippen LogP contribution is -2.39. The quantitative estimate of drug-likeness (QED) is 0.742. The van der Waals surface area contributed by atoms with E-state index in [1.807, 2.05) is 20.8 Å². The van der Waals surface area contributed by atoms with Crippen LogP contribution in [0.4, 0.5) is 4.79 Å². The Balaban J connectivity index is 0.000000208. The average Bonchev–Trinajstić information content (AvgIpc) is 3.13. The summed E-state index contributed by atoms with van der Waals surface area (Å²) in [6, 6.07) is 3.73. The zero-order valence-corrected chi connectivity index (χ0v) is 17.8. The molecule has 0 atom stereocenters. The molecule has 0 radical (unpaired) electrons. The Bertz CT molecular complexity index is 819. The molecule has 0 spiro atoms. The van der Waals surface area contributed by atoms with Crippen LogP contribution in [0.2, 0.25) is 0 Å². The largest absolute Gasteiger partial charge is 0.496 e. The predicted octanol–water partition coefficient (Wildman–Crippen LogP) is 4.20.